The maximum Gasteiger partial charge on any atom is 0.195 e. The Balaban J connectivity index is 2.29. The van der Waals surface area contributed by atoms with Crippen molar-refractivity contribution in [1.82, 2.24) is 23.9 Å². The molecule has 0 aromatic carbocycles. The molecule has 7 nitrogen and oxygen atoms in total. The molecule has 0 fully saturated rings. The molecule has 0 N–H and O–H groups in total. The summed E-state index contributed by atoms with van der Waals surface area (Å²) in [5.74, 6) is -0.875. The second-order valence-electron chi connectivity index (χ2n) is 4.32. The van der Waals surface area contributed by atoms with Crippen molar-refractivity contribution in [2.24, 2.45) is 0 Å². The Kier molecular flexibility index (Phi) is 4.03. The Morgan fingerprint density at radius 1 is 1.32 bits per heavy atom. The Labute approximate surface area is 141 Å². The third-order valence-corrected chi connectivity index (χ3v) is 5.50. The van der Waals surface area contributed by atoms with Gasteiger partial charge in [0, 0.05) is 59.9 Å². The number of fused-ring (bicyclic) bond motifs is 1. The summed E-state index contributed by atoms with van der Waals surface area (Å²) in [6.45, 7) is 0. The summed E-state index contributed by atoms with van der Waals surface area (Å²) in [5, 5.41) is 0.0232. The number of nitrogens with zero attached hydrogens (tertiary/aromatic N) is 5. The fourth-order valence-electron chi connectivity index (χ4n) is 1.91. The molecule has 3 rings (SSSR count). The third-order valence-electron chi connectivity index (χ3n) is 2.81. The highest BCUT2D eigenvalue weighted by atomic mass is 127. The number of rotatable bonds is 3. The number of halogens is 2. The first kappa shape index (κ1) is 15.6. The highest BCUT2D eigenvalue weighted by Crippen LogP contribution is 2.31. The SMILES string of the molecule is CS(=O)(=O)c1nc(-c2cn(SI)c3ncncc23)ncc1F. The van der Waals surface area contributed by atoms with Crippen molar-refractivity contribution in [3.05, 3.63) is 30.7 Å². The van der Waals surface area contributed by atoms with Crippen LogP contribution >= 0.6 is 30.3 Å². The zero-order valence-electron chi connectivity index (χ0n) is 10.9. The first-order valence-electron chi connectivity index (χ1n) is 5.75. The van der Waals surface area contributed by atoms with Gasteiger partial charge in [0.05, 0.1) is 6.20 Å². The summed E-state index contributed by atoms with van der Waals surface area (Å²) in [5.41, 5.74) is 1.17. The smallest absolute Gasteiger partial charge is 0.195 e. The van der Waals surface area contributed by atoms with Gasteiger partial charge >= 0.3 is 0 Å². The van der Waals surface area contributed by atoms with Crippen molar-refractivity contribution in [2.45, 2.75) is 5.03 Å². The normalized spacial score (nSPS) is 12.0. The molecule has 0 radical (unpaired) electrons. The van der Waals surface area contributed by atoms with Gasteiger partial charge < -0.3 is 0 Å². The molecular formula is C11H7FIN5O2S2. The number of hydrogen-bond acceptors (Lipinski definition) is 7. The molecule has 114 valence electrons. The molecule has 3 heterocycles. The van der Waals surface area contributed by atoms with Crippen LogP contribution in [0.1, 0.15) is 0 Å². The average Bonchev–Trinajstić information content (AvgIpc) is 2.85. The second kappa shape index (κ2) is 5.70. The van der Waals surface area contributed by atoms with Crippen molar-refractivity contribution in [3.8, 4) is 11.4 Å². The van der Waals surface area contributed by atoms with Gasteiger partial charge in [-0.05, 0) is 0 Å². The Bertz CT molecular complexity index is 976. The maximum absolute atomic E-state index is 13.6. The monoisotopic (exact) mass is 451 g/mol. The van der Waals surface area contributed by atoms with Gasteiger partial charge in [-0.25, -0.2) is 32.7 Å². The number of aromatic nitrogens is 5. The molecule has 11 heteroatoms. The van der Waals surface area contributed by atoms with Gasteiger partial charge in [0.15, 0.2) is 32.2 Å². The van der Waals surface area contributed by atoms with Gasteiger partial charge in [-0.15, -0.1) is 0 Å². The lowest BCUT2D eigenvalue weighted by atomic mass is 10.2. The molecule has 3 aromatic heterocycles. The molecule has 0 unspecified atom stereocenters. The van der Waals surface area contributed by atoms with Crippen LogP contribution in [-0.4, -0.2) is 38.6 Å². The van der Waals surface area contributed by atoms with Crippen LogP contribution in [-0.2, 0) is 9.84 Å². The van der Waals surface area contributed by atoms with Crippen molar-refractivity contribution in [3.63, 3.8) is 0 Å². The van der Waals surface area contributed by atoms with Gasteiger partial charge in [-0.3, -0.25) is 3.97 Å². The summed E-state index contributed by atoms with van der Waals surface area (Å²) in [4.78, 5) is 15.9. The van der Waals surface area contributed by atoms with E-state index in [1.807, 2.05) is 0 Å². The molecule has 22 heavy (non-hydrogen) atoms. The minimum atomic E-state index is -3.79. The zero-order chi connectivity index (χ0) is 15.9. The van der Waals surface area contributed by atoms with Crippen LogP contribution in [0.2, 0.25) is 0 Å². The van der Waals surface area contributed by atoms with E-state index >= 15 is 0 Å². The topological polar surface area (TPSA) is 90.6 Å². The van der Waals surface area contributed by atoms with Gasteiger partial charge in [-0.1, -0.05) is 0 Å². The van der Waals surface area contributed by atoms with Gasteiger partial charge in [0.1, 0.15) is 6.33 Å². The molecule has 0 saturated heterocycles. The van der Waals surface area contributed by atoms with E-state index in [2.05, 4.69) is 41.1 Å². The molecule has 0 aliphatic rings. The highest BCUT2D eigenvalue weighted by molar-refractivity contribution is 14.2. The molecule has 0 saturated carbocycles. The van der Waals surface area contributed by atoms with Crippen LogP contribution in [0.5, 0.6) is 0 Å². The number of hydrogen-bond donors (Lipinski definition) is 0. The van der Waals surface area contributed by atoms with E-state index in [0.717, 1.165) is 12.5 Å². The molecule has 0 bridgehead atoms. The van der Waals surface area contributed by atoms with Crippen LogP contribution in [0.3, 0.4) is 0 Å². The summed E-state index contributed by atoms with van der Waals surface area (Å²) >= 11 is 2.08. The quantitative estimate of drug-likeness (QED) is 0.446. The van der Waals surface area contributed by atoms with Gasteiger partial charge in [0.2, 0.25) is 0 Å². The average molecular weight is 451 g/mol. The van der Waals surface area contributed by atoms with Gasteiger partial charge in [-0.2, -0.15) is 0 Å². The molecular weight excluding hydrogens is 444 g/mol. The zero-order valence-corrected chi connectivity index (χ0v) is 14.7. The lowest BCUT2D eigenvalue weighted by Crippen LogP contribution is -2.06. The van der Waals surface area contributed by atoms with E-state index < -0.39 is 20.7 Å². The fourth-order valence-corrected chi connectivity index (χ4v) is 3.82. The Morgan fingerprint density at radius 2 is 2.09 bits per heavy atom. The van der Waals surface area contributed by atoms with Crippen LogP contribution < -0.4 is 0 Å². The van der Waals surface area contributed by atoms with E-state index in [1.165, 1.54) is 15.4 Å². The molecule has 3 aromatic rings. The predicted octanol–water partition coefficient (Wildman–Crippen LogP) is 2.28. The minimum Gasteiger partial charge on any atom is -0.265 e. The van der Waals surface area contributed by atoms with E-state index in [4.69, 9.17) is 0 Å². The summed E-state index contributed by atoms with van der Waals surface area (Å²) in [6, 6.07) is 0. The summed E-state index contributed by atoms with van der Waals surface area (Å²) < 4.78 is 38.6. The molecule has 0 aliphatic heterocycles. The van der Waals surface area contributed by atoms with Crippen molar-refractivity contribution in [1.29, 1.82) is 0 Å². The highest BCUT2D eigenvalue weighted by Gasteiger charge is 2.20. The van der Waals surface area contributed by atoms with Crippen LogP contribution in [0.4, 0.5) is 4.39 Å². The largest absolute Gasteiger partial charge is 0.265 e. The van der Waals surface area contributed by atoms with Crippen LogP contribution in [0.25, 0.3) is 22.4 Å². The second-order valence-corrected chi connectivity index (χ2v) is 7.96. The van der Waals surface area contributed by atoms with Crippen LogP contribution in [0, 0.1) is 5.82 Å². The van der Waals surface area contributed by atoms with Crippen molar-refractivity contribution >= 4 is 51.2 Å². The molecule has 0 spiro atoms. The Hall–Kier alpha value is -1.34. The first-order chi connectivity index (χ1) is 10.4. The third kappa shape index (κ3) is 2.67. The Morgan fingerprint density at radius 3 is 2.77 bits per heavy atom. The summed E-state index contributed by atoms with van der Waals surface area (Å²) in [6.07, 6.45) is 6.44. The minimum absolute atomic E-state index is 0.103. The lowest BCUT2D eigenvalue weighted by molar-refractivity contribution is 0.552. The van der Waals surface area contributed by atoms with Crippen molar-refractivity contribution in [2.75, 3.05) is 6.26 Å². The predicted molar refractivity (Wildman–Crippen MR) is 88.6 cm³/mol. The number of sulfone groups is 1. The first-order valence-corrected chi connectivity index (χ1v) is 11.0. The standard InChI is InChI=1S/C11H7FIN5O2S2/c1-22(19,20)11-8(12)3-15-9(17-11)7-4-18(21-13)10-6(7)2-14-5-16-10/h2-5H,1H3. The fraction of sp³-hybridized carbons (Fsp3) is 0.0909. The molecule has 0 amide bonds. The van der Waals surface area contributed by atoms with Crippen LogP contribution in [0.15, 0.2) is 29.9 Å². The van der Waals surface area contributed by atoms with E-state index in [-0.39, 0.29) is 5.82 Å². The van der Waals surface area contributed by atoms with E-state index in [1.54, 1.807) is 16.4 Å². The van der Waals surface area contributed by atoms with Gasteiger partial charge in [0.25, 0.3) is 0 Å². The lowest BCUT2D eigenvalue weighted by Gasteiger charge is -2.02. The van der Waals surface area contributed by atoms with E-state index in [9.17, 15) is 12.8 Å². The maximum atomic E-state index is 13.6. The summed E-state index contributed by atoms with van der Waals surface area (Å²) in [7, 11) is -2.41. The molecule has 0 atom stereocenters. The van der Waals surface area contributed by atoms with Crippen molar-refractivity contribution < 1.29 is 12.8 Å². The molecule has 0 aliphatic carbocycles. The van der Waals surface area contributed by atoms with E-state index in [0.29, 0.717) is 16.6 Å².